The summed E-state index contributed by atoms with van der Waals surface area (Å²) in [6.07, 6.45) is 0.729. The first kappa shape index (κ1) is 36.2. The van der Waals surface area contributed by atoms with E-state index >= 15 is 0 Å². The van der Waals surface area contributed by atoms with Crippen molar-refractivity contribution in [2.45, 2.75) is 25.7 Å². The highest BCUT2D eigenvalue weighted by Crippen LogP contribution is 2.49. The van der Waals surface area contributed by atoms with E-state index in [4.69, 9.17) is 0 Å². The predicted octanol–water partition coefficient (Wildman–Crippen LogP) is 11.4. The van der Waals surface area contributed by atoms with Crippen LogP contribution in [0.1, 0.15) is 44.7 Å². The quantitative estimate of drug-likeness (QED) is 0.0850. The van der Waals surface area contributed by atoms with Crippen LogP contribution in [0.3, 0.4) is 0 Å². The monoisotopic (exact) mass is 796 g/mol. The van der Waals surface area contributed by atoms with Crippen molar-refractivity contribution in [2.75, 3.05) is 0 Å². The molecule has 0 atom stereocenters. The molecule has 5 aromatic heterocycles. The van der Waals surface area contributed by atoms with Gasteiger partial charge in [0.2, 0.25) is 0 Å². The van der Waals surface area contributed by atoms with E-state index < -0.39 is 23.9 Å². The van der Waals surface area contributed by atoms with E-state index in [0.29, 0.717) is 12.8 Å². The summed E-state index contributed by atoms with van der Waals surface area (Å²) in [6, 6.07) is 29.8. The molecule has 8 nitrogen and oxygen atoms in total. The van der Waals surface area contributed by atoms with Gasteiger partial charge in [0.15, 0.2) is 0 Å². The van der Waals surface area contributed by atoms with Gasteiger partial charge in [0, 0.05) is 61.6 Å². The number of rotatable bonds is 14. The Balaban J connectivity index is 1.20. The number of aliphatic carboxylic acids is 2. The van der Waals surface area contributed by atoms with Crippen LogP contribution in [0.5, 0.6) is 0 Å². The number of carbonyl (C=O) groups is 4. The van der Waals surface area contributed by atoms with Gasteiger partial charge in [0.05, 0.1) is 11.1 Å². The zero-order chi connectivity index (χ0) is 37.2. The second-order valence-corrected chi connectivity index (χ2v) is 17.3. The molecule has 5 heterocycles. The predicted molar refractivity (Wildman–Crippen MR) is 214 cm³/mol. The molecule has 0 spiro atoms. The topological polar surface area (TPSA) is 149 Å². The van der Waals surface area contributed by atoms with Gasteiger partial charge in [-0.15, -0.1) is 56.7 Å². The number of hydrogen-bond donors (Lipinski definition) is 4. The largest absolute Gasteiger partial charge is 0.481 e. The van der Waals surface area contributed by atoms with Crippen LogP contribution >= 0.6 is 56.7 Å². The van der Waals surface area contributed by atoms with Crippen molar-refractivity contribution in [3.05, 3.63) is 119 Å². The maximum Gasteiger partial charge on any atom is 0.335 e. The molecule has 53 heavy (non-hydrogen) atoms. The molecule has 0 aliphatic heterocycles. The third kappa shape index (κ3) is 8.09. The minimum Gasteiger partial charge on any atom is -0.481 e. The molecule has 0 amide bonds. The molecule has 0 saturated carbocycles. The Bertz CT molecular complexity index is 2300. The van der Waals surface area contributed by atoms with E-state index in [-0.39, 0.29) is 24.0 Å². The van der Waals surface area contributed by atoms with Crippen LogP contribution < -0.4 is 0 Å². The van der Waals surface area contributed by atoms with Crippen LogP contribution in [0.15, 0.2) is 97.1 Å². The molecule has 0 saturated heterocycles. The first-order valence-electron chi connectivity index (χ1n) is 16.2. The Kier molecular flexibility index (Phi) is 10.5. The molecular formula is C40H28O8S5. The number of benzene rings is 2. The summed E-state index contributed by atoms with van der Waals surface area (Å²) in [5.41, 5.74) is 4.17. The molecule has 4 N–H and O–H groups in total. The van der Waals surface area contributed by atoms with Crippen molar-refractivity contribution in [1.29, 1.82) is 0 Å². The van der Waals surface area contributed by atoms with Gasteiger partial charge in [0.1, 0.15) is 0 Å². The lowest BCUT2D eigenvalue weighted by molar-refractivity contribution is -0.138. The maximum atomic E-state index is 11.6. The number of carboxylic acid groups (broad SMARTS) is 4. The molecule has 7 aromatic rings. The van der Waals surface area contributed by atoms with Crippen molar-refractivity contribution in [3.63, 3.8) is 0 Å². The van der Waals surface area contributed by atoms with Crippen molar-refractivity contribution >= 4 is 80.6 Å². The van der Waals surface area contributed by atoms with Gasteiger partial charge in [-0.05, 0) is 108 Å². The molecule has 7 rings (SSSR count). The van der Waals surface area contributed by atoms with Gasteiger partial charge in [-0.1, -0.05) is 24.3 Å². The average molecular weight is 797 g/mol. The number of aromatic carboxylic acids is 2. The molecule has 0 radical (unpaired) electrons. The van der Waals surface area contributed by atoms with Gasteiger partial charge in [0.25, 0.3) is 0 Å². The summed E-state index contributed by atoms with van der Waals surface area (Å²) in [5.74, 6) is -3.70. The highest BCUT2D eigenvalue weighted by atomic mass is 32.1. The van der Waals surface area contributed by atoms with Crippen LogP contribution in [-0.2, 0) is 22.4 Å². The molecule has 0 fully saturated rings. The second kappa shape index (κ2) is 15.4. The fourth-order valence-electron chi connectivity index (χ4n) is 5.76. The first-order chi connectivity index (χ1) is 25.5. The van der Waals surface area contributed by atoms with Crippen LogP contribution in [0.25, 0.3) is 59.9 Å². The Hall–Kier alpha value is -5.18. The smallest absolute Gasteiger partial charge is 0.335 e. The van der Waals surface area contributed by atoms with Crippen LogP contribution in [0.2, 0.25) is 0 Å². The number of hydrogen-bond acceptors (Lipinski definition) is 9. The van der Waals surface area contributed by atoms with Crippen molar-refractivity contribution in [3.8, 4) is 59.9 Å². The zero-order valence-electron chi connectivity index (χ0n) is 27.5. The summed E-state index contributed by atoms with van der Waals surface area (Å²) in [4.78, 5) is 55.9. The summed E-state index contributed by atoms with van der Waals surface area (Å²) < 4.78 is 0. The van der Waals surface area contributed by atoms with E-state index in [1.807, 2.05) is 36.4 Å². The summed E-state index contributed by atoms with van der Waals surface area (Å²) >= 11 is 8.00. The lowest BCUT2D eigenvalue weighted by Crippen LogP contribution is -1.97. The lowest BCUT2D eigenvalue weighted by Gasteiger charge is -2.01. The molecule has 0 aliphatic rings. The van der Waals surface area contributed by atoms with Gasteiger partial charge in [-0.3, -0.25) is 9.59 Å². The highest BCUT2D eigenvalue weighted by Gasteiger charge is 2.21. The Morgan fingerprint density at radius 3 is 1.09 bits per heavy atom. The van der Waals surface area contributed by atoms with E-state index in [9.17, 15) is 39.6 Å². The van der Waals surface area contributed by atoms with Gasteiger partial charge < -0.3 is 20.4 Å². The molecule has 0 aliphatic carbocycles. The summed E-state index contributed by atoms with van der Waals surface area (Å²) in [7, 11) is 0. The van der Waals surface area contributed by atoms with Crippen LogP contribution in [0.4, 0.5) is 0 Å². The minimum absolute atomic E-state index is 0.00680. The van der Waals surface area contributed by atoms with Gasteiger partial charge >= 0.3 is 23.9 Å². The molecule has 266 valence electrons. The SMILES string of the molecule is O=C(O)CCc1cc(-c2ccc(-c3ccc(C(=O)O)cc3)s2)sc1-c1ccc(-c2sc(-c3ccc(-c4ccc(C(=O)O)cc4)s3)cc2CCC(=O)O)s1. The third-order valence-electron chi connectivity index (χ3n) is 8.42. The van der Waals surface area contributed by atoms with Gasteiger partial charge in [-0.25, -0.2) is 9.59 Å². The fourth-order valence-corrected chi connectivity index (χ4v) is 11.7. The normalized spacial score (nSPS) is 11.2. The third-order valence-corrected chi connectivity index (χ3v) is 14.9. The Morgan fingerprint density at radius 2 is 0.736 bits per heavy atom. The molecular weight excluding hydrogens is 769 g/mol. The second-order valence-electron chi connectivity index (χ2n) is 12.0. The summed E-state index contributed by atoms with van der Waals surface area (Å²) in [5, 5.41) is 37.6. The molecule has 0 bridgehead atoms. The fraction of sp³-hybridized carbons (Fsp3) is 0.100. The van der Waals surface area contributed by atoms with Gasteiger partial charge in [-0.2, -0.15) is 0 Å². The van der Waals surface area contributed by atoms with Crippen LogP contribution in [-0.4, -0.2) is 44.3 Å². The van der Waals surface area contributed by atoms with Crippen molar-refractivity contribution in [2.24, 2.45) is 0 Å². The first-order valence-corrected chi connectivity index (χ1v) is 20.3. The Labute approximate surface area is 323 Å². The minimum atomic E-state index is -0.976. The number of aryl methyl sites for hydroxylation is 2. The molecule has 2 aromatic carbocycles. The van der Waals surface area contributed by atoms with Crippen molar-refractivity contribution in [1.82, 2.24) is 0 Å². The number of thiophene rings is 5. The van der Waals surface area contributed by atoms with E-state index in [1.165, 1.54) is 0 Å². The standard InChI is InChI=1S/C40H28O8S5/c41-35(42)17-9-25-19-33(29-13-11-27(49-29)21-1-5-23(6-2-21)39(45)46)52-37(25)31-15-16-32(51-31)38-26(10-18-36(43)44)20-34(53-38)30-14-12-28(50-30)22-3-7-24(8-4-22)40(47)48/h1-8,11-16,19-20H,9-10,17-18H2,(H,41,42)(H,43,44)(H,45,46)(H,47,48). The Morgan fingerprint density at radius 1 is 0.396 bits per heavy atom. The molecule has 0 unspecified atom stereocenters. The summed E-state index contributed by atoms with van der Waals surface area (Å²) in [6.45, 7) is 0. The molecule has 13 heteroatoms. The van der Waals surface area contributed by atoms with Crippen LogP contribution in [0, 0.1) is 0 Å². The van der Waals surface area contributed by atoms with E-state index in [0.717, 1.165) is 71.0 Å². The average Bonchev–Trinajstić information content (AvgIpc) is 3.99. The number of carboxylic acids is 4. The zero-order valence-corrected chi connectivity index (χ0v) is 31.6. The maximum absolute atomic E-state index is 11.6. The van der Waals surface area contributed by atoms with E-state index in [2.05, 4.69) is 12.1 Å². The highest BCUT2D eigenvalue weighted by molar-refractivity contribution is 7.30. The van der Waals surface area contributed by atoms with Crippen molar-refractivity contribution < 1.29 is 39.6 Å². The lowest BCUT2D eigenvalue weighted by atomic mass is 10.1. The van der Waals surface area contributed by atoms with E-state index in [1.54, 1.807) is 105 Å².